The Bertz CT molecular complexity index is 1020. The van der Waals surface area contributed by atoms with Crippen LogP contribution in [0.5, 0.6) is 0 Å². The number of hydrogen-bond acceptors (Lipinski definition) is 4. The first-order valence-corrected chi connectivity index (χ1v) is 9.01. The molecular formula is C18H16BrN3O3. The second-order valence-corrected chi connectivity index (χ2v) is 6.87. The fourth-order valence-electron chi connectivity index (χ4n) is 3.12. The molecule has 0 aliphatic carbocycles. The molecule has 128 valence electrons. The van der Waals surface area contributed by atoms with Crippen LogP contribution in [-0.4, -0.2) is 15.5 Å². The van der Waals surface area contributed by atoms with Crippen LogP contribution in [0.25, 0.3) is 10.9 Å². The van der Waals surface area contributed by atoms with E-state index in [9.17, 15) is 9.59 Å². The van der Waals surface area contributed by atoms with Gasteiger partial charge in [-0.2, -0.15) is 0 Å². The highest BCUT2D eigenvalue weighted by atomic mass is 79.9. The highest BCUT2D eigenvalue weighted by Gasteiger charge is 2.15. The lowest BCUT2D eigenvalue weighted by molar-refractivity contribution is 0.0995. The molecule has 2 aromatic heterocycles. The number of halogens is 1. The van der Waals surface area contributed by atoms with Crippen molar-refractivity contribution in [3.63, 3.8) is 0 Å². The van der Waals surface area contributed by atoms with Gasteiger partial charge in [0.05, 0.1) is 10.9 Å². The maximum Gasteiger partial charge on any atom is 0.291 e. The molecule has 1 amide bonds. The third-order valence-corrected chi connectivity index (χ3v) is 4.80. The third kappa shape index (κ3) is 3.11. The Kier molecular flexibility index (Phi) is 4.17. The van der Waals surface area contributed by atoms with Crippen LogP contribution in [0.2, 0.25) is 0 Å². The van der Waals surface area contributed by atoms with E-state index in [4.69, 9.17) is 4.42 Å². The molecule has 7 heteroatoms. The summed E-state index contributed by atoms with van der Waals surface area (Å²) >= 11 is 3.17. The summed E-state index contributed by atoms with van der Waals surface area (Å²) in [5.74, 6) is 0.684. The van der Waals surface area contributed by atoms with E-state index >= 15 is 0 Å². The number of rotatable bonds is 2. The molecule has 25 heavy (non-hydrogen) atoms. The van der Waals surface area contributed by atoms with Crippen LogP contribution in [0.3, 0.4) is 0 Å². The van der Waals surface area contributed by atoms with Crippen LogP contribution < -0.4 is 10.9 Å². The number of benzene rings is 1. The van der Waals surface area contributed by atoms with E-state index in [2.05, 4.69) is 26.2 Å². The van der Waals surface area contributed by atoms with Gasteiger partial charge in [-0.15, -0.1) is 0 Å². The van der Waals surface area contributed by atoms with Crippen molar-refractivity contribution in [2.45, 2.75) is 32.2 Å². The van der Waals surface area contributed by atoms with Crippen molar-refractivity contribution in [2.75, 3.05) is 5.32 Å². The lowest BCUT2D eigenvalue weighted by atomic mass is 10.2. The van der Waals surface area contributed by atoms with Gasteiger partial charge >= 0.3 is 0 Å². The molecular weight excluding hydrogens is 386 g/mol. The Balaban J connectivity index is 1.71. The van der Waals surface area contributed by atoms with Crippen LogP contribution in [-0.2, 0) is 13.0 Å². The lowest BCUT2D eigenvalue weighted by Gasteiger charge is -2.11. The van der Waals surface area contributed by atoms with Crippen molar-refractivity contribution in [2.24, 2.45) is 0 Å². The number of furan rings is 1. The second kappa shape index (κ2) is 6.48. The minimum atomic E-state index is -0.368. The quantitative estimate of drug-likeness (QED) is 0.709. The highest BCUT2D eigenvalue weighted by Crippen LogP contribution is 2.20. The number of nitrogens with one attached hydrogen (secondary N) is 1. The first-order chi connectivity index (χ1) is 12.1. The van der Waals surface area contributed by atoms with Gasteiger partial charge in [-0.05, 0) is 59.1 Å². The Morgan fingerprint density at radius 1 is 1.20 bits per heavy atom. The Hall–Kier alpha value is -2.41. The molecule has 3 heterocycles. The van der Waals surface area contributed by atoms with Gasteiger partial charge in [-0.25, -0.2) is 4.98 Å². The number of aryl methyl sites for hydroxylation is 1. The van der Waals surface area contributed by atoms with Crippen molar-refractivity contribution < 1.29 is 9.21 Å². The molecule has 1 aromatic carbocycles. The van der Waals surface area contributed by atoms with Crippen molar-refractivity contribution >= 4 is 38.4 Å². The lowest BCUT2D eigenvalue weighted by Crippen LogP contribution is -2.24. The van der Waals surface area contributed by atoms with Gasteiger partial charge in [0.15, 0.2) is 10.4 Å². The summed E-state index contributed by atoms with van der Waals surface area (Å²) in [5, 5.41) is 3.27. The highest BCUT2D eigenvalue weighted by molar-refractivity contribution is 9.10. The van der Waals surface area contributed by atoms with Crippen LogP contribution in [0, 0.1) is 0 Å². The van der Waals surface area contributed by atoms with E-state index in [1.54, 1.807) is 34.9 Å². The Labute approximate surface area is 152 Å². The zero-order valence-electron chi connectivity index (χ0n) is 13.4. The minimum Gasteiger partial charge on any atom is -0.444 e. The fourth-order valence-corrected chi connectivity index (χ4v) is 3.43. The molecule has 0 atom stereocenters. The molecule has 0 saturated carbocycles. The first-order valence-electron chi connectivity index (χ1n) is 8.22. The van der Waals surface area contributed by atoms with E-state index in [1.807, 2.05) is 0 Å². The number of anilines is 1. The molecule has 3 aromatic rings. The first kappa shape index (κ1) is 16.1. The predicted molar refractivity (Wildman–Crippen MR) is 97.9 cm³/mol. The number of carbonyl (C=O) groups is 1. The maximum absolute atomic E-state index is 12.8. The third-order valence-electron chi connectivity index (χ3n) is 4.37. The van der Waals surface area contributed by atoms with Crippen LogP contribution >= 0.6 is 15.9 Å². The summed E-state index contributed by atoms with van der Waals surface area (Å²) in [6.45, 7) is 0.702. The fraction of sp³-hybridized carbons (Fsp3) is 0.278. The number of amides is 1. The minimum absolute atomic E-state index is 0.0428. The summed E-state index contributed by atoms with van der Waals surface area (Å²) in [5.41, 5.74) is 1.16. The van der Waals surface area contributed by atoms with Crippen molar-refractivity contribution in [3.8, 4) is 0 Å². The summed E-state index contributed by atoms with van der Waals surface area (Å²) in [6, 6.07) is 8.44. The van der Waals surface area contributed by atoms with Gasteiger partial charge in [-0.1, -0.05) is 6.42 Å². The summed E-state index contributed by atoms with van der Waals surface area (Å²) in [6.07, 6.45) is 3.99. The molecule has 0 spiro atoms. The number of nitrogens with zero attached hydrogens (tertiary/aromatic N) is 2. The van der Waals surface area contributed by atoms with Gasteiger partial charge in [0.2, 0.25) is 0 Å². The Morgan fingerprint density at radius 3 is 2.88 bits per heavy atom. The predicted octanol–water partition coefficient (Wildman–Crippen LogP) is 3.73. The van der Waals surface area contributed by atoms with E-state index < -0.39 is 0 Å². The normalized spacial score (nSPS) is 14.1. The van der Waals surface area contributed by atoms with E-state index in [-0.39, 0.29) is 17.2 Å². The van der Waals surface area contributed by atoms with Gasteiger partial charge in [0, 0.05) is 18.7 Å². The summed E-state index contributed by atoms with van der Waals surface area (Å²) in [4.78, 5) is 29.7. The average molecular weight is 402 g/mol. The molecule has 0 bridgehead atoms. The van der Waals surface area contributed by atoms with Crippen LogP contribution in [0.4, 0.5) is 5.69 Å². The van der Waals surface area contributed by atoms with E-state index in [0.29, 0.717) is 27.8 Å². The van der Waals surface area contributed by atoms with Crippen molar-refractivity contribution in [1.82, 2.24) is 9.55 Å². The molecule has 1 N–H and O–H groups in total. The Morgan fingerprint density at radius 2 is 2.08 bits per heavy atom. The summed E-state index contributed by atoms with van der Waals surface area (Å²) < 4.78 is 7.50. The van der Waals surface area contributed by atoms with Gasteiger partial charge in [0.25, 0.3) is 11.5 Å². The smallest absolute Gasteiger partial charge is 0.291 e. The van der Waals surface area contributed by atoms with Crippen molar-refractivity contribution in [1.29, 1.82) is 0 Å². The van der Waals surface area contributed by atoms with E-state index in [0.717, 1.165) is 31.5 Å². The zero-order valence-corrected chi connectivity index (χ0v) is 15.0. The topological polar surface area (TPSA) is 77.1 Å². The number of hydrogen-bond donors (Lipinski definition) is 1. The number of fused-ring (bicyclic) bond motifs is 2. The molecule has 4 rings (SSSR count). The van der Waals surface area contributed by atoms with Gasteiger partial charge < -0.3 is 9.73 Å². The van der Waals surface area contributed by atoms with Gasteiger partial charge in [0.1, 0.15) is 5.82 Å². The van der Waals surface area contributed by atoms with Crippen molar-refractivity contribution in [3.05, 3.63) is 56.9 Å². The second-order valence-electron chi connectivity index (χ2n) is 6.09. The molecule has 0 radical (unpaired) electrons. The maximum atomic E-state index is 12.8. The molecule has 0 fully saturated rings. The summed E-state index contributed by atoms with van der Waals surface area (Å²) in [7, 11) is 0. The molecule has 1 aliphatic heterocycles. The average Bonchev–Trinajstić information content (AvgIpc) is 2.90. The standard InChI is InChI=1S/C18H16BrN3O3/c19-15-8-7-14(25-15)17(23)20-11-5-6-13-12(10-11)18(24)22-9-3-1-2-4-16(22)21-13/h5-8,10H,1-4,9H2,(H,20,23). The molecule has 1 aliphatic rings. The van der Waals surface area contributed by atoms with Crippen LogP contribution in [0.15, 0.2) is 44.2 Å². The molecule has 6 nitrogen and oxygen atoms in total. The monoisotopic (exact) mass is 401 g/mol. The molecule has 0 saturated heterocycles. The zero-order chi connectivity index (χ0) is 17.4. The number of aromatic nitrogens is 2. The SMILES string of the molecule is O=C(Nc1ccc2nc3n(c(=O)c2c1)CCCCC3)c1ccc(Br)o1. The molecule has 0 unspecified atom stereocenters. The van der Waals surface area contributed by atoms with E-state index in [1.165, 1.54) is 0 Å². The van der Waals surface area contributed by atoms with Gasteiger partial charge in [-0.3, -0.25) is 14.2 Å². The van der Waals surface area contributed by atoms with Crippen LogP contribution in [0.1, 0.15) is 35.6 Å². The number of carbonyl (C=O) groups excluding carboxylic acids is 1. The largest absolute Gasteiger partial charge is 0.444 e.